The van der Waals surface area contributed by atoms with Gasteiger partial charge in [-0.05, 0) is 42.3 Å². The van der Waals surface area contributed by atoms with Crippen LogP contribution < -0.4 is 20.1 Å². The van der Waals surface area contributed by atoms with E-state index in [1.165, 1.54) is 18.2 Å². The molecule has 10 nitrogen and oxygen atoms in total. The van der Waals surface area contributed by atoms with Gasteiger partial charge >= 0.3 is 5.97 Å². The van der Waals surface area contributed by atoms with Crippen LogP contribution in [0.5, 0.6) is 11.5 Å². The first kappa shape index (κ1) is 21.5. The first-order chi connectivity index (χ1) is 16.8. The Morgan fingerprint density at radius 2 is 1.91 bits per heavy atom. The Hall–Kier alpha value is -3.99. The lowest BCUT2D eigenvalue weighted by molar-refractivity contribution is -0.144. The zero-order valence-electron chi connectivity index (χ0n) is 18.2. The first-order valence-electron chi connectivity index (χ1n) is 11.1. The van der Waals surface area contributed by atoms with Crippen molar-refractivity contribution in [3.8, 4) is 11.5 Å². The summed E-state index contributed by atoms with van der Waals surface area (Å²) in [6.45, 7) is 0.0235. The van der Waals surface area contributed by atoms with Crippen LogP contribution in [0.1, 0.15) is 24.0 Å². The molecule has 2 aromatic rings. The van der Waals surface area contributed by atoms with Crippen LogP contribution in [-0.2, 0) is 31.3 Å². The van der Waals surface area contributed by atoms with E-state index in [0.29, 0.717) is 22.7 Å². The zero-order valence-corrected chi connectivity index (χ0v) is 18.2. The fourth-order valence-corrected chi connectivity index (χ4v) is 5.74. The van der Waals surface area contributed by atoms with E-state index >= 15 is 0 Å². The average Bonchev–Trinajstić information content (AvgIpc) is 3.55. The van der Waals surface area contributed by atoms with Gasteiger partial charge in [-0.25, -0.2) is 4.39 Å². The maximum absolute atomic E-state index is 14.2. The number of fused-ring (bicyclic) bond motifs is 5. The van der Waals surface area contributed by atoms with Crippen LogP contribution in [0.25, 0.3) is 0 Å². The van der Waals surface area contributed by atoms with E-state index in [2.05, 4.69) is 10.6 Å². The molecule has 1 spiro atoms. The number of anilines is 1. The average molecular weight is 481 g/mol. The number of imide groups is 1. The molecule has 11 heteroatoms. The summed E-state index contributed by atoms with van der Waals surface area (Å²) in [5.41, 5.74) is -0.471. The van der Waals surface area contributed by atoms with Crippen molar-refractivity contribution in [2.24, 2.45) is 11.8 Å². The third kappa shape index (κ3) is 3.04. The molecule has 2 aromatic carbocycles. The van der Waals surface area contributed by atoms with Crippen molar-refractivity contribution in [3.63, 3.8) is 0 Å². The quantitative estimate of drug-likeness (QED) is 0.545. The molecule has 4 aliphatic heterocycles. The van der Waals surface area contributed by atoms with Gasteiger partial charge in [-0.2, -0.15) is 0 Å². The minimum Gasteiger partial charge on any atom is -0.481 e. The minimum absolute atomic E-state index is 0.0209. The summed E-state index contributed by atoms with van der Waals surface area (Å²) in [6, 6.07) is 8.09. The molecule has 0 aromatic heterocycles. The van der Waals surface area contributed by atoms with Gasteiger partial charge in [0.2, 0.25) is 24.5 Å². The summed E-state index contributed by atoms with van der Waals surface area (Å²) in [7, 11) is 0. The number of rotatable bonds is 5. The van der Waals surface area contributed by atoms with Crippen LogP contribution in [0.4, 0.5) is 10.1 Å². The van der Waals surface area contributed by atoms with Gasteiger partial charge in [-0.15, -0.1) is 0 Å². The number of likely N-dealkylation sites (tertiary alicyclic amines) is 1. The third-order valence-corrected chi connectivity index (χ3v) is 7.22. The van der Waals surface area contributed by atoms with Crippen LogP contribution in [0.3, 0.4) is 0 Å². The second-order valence-corrected chi connectivity index (χ2v) is 9.09. The fraction of sp³-hybridized carbons (Fsp3) is 0.333. The first-order valence-corrected chi connectivity index (χ1v) is 11.1. The number of carboxylic acid groups (broad SMARTS) is 1. The second-order valence-electron chi connectivity index (χ2n) is 9.09. The van der Waals surface area contributed by atoms with Crippen LogP contribution >= 0.6 is 0 Å². The van der Waals surface area contributed by atoms with E-state index in [4.69, 9.17) is 9.47 Å². The number of nitrogens with zero attached hydrogens (tertiary/aromatic N) is 1. The van der Waals surface area contributed by atoms with E-state index in [9.17, 15) is 28.7 Å². The molecule has 0 radical (unpaired) electrons. The molecule has 4 atom stereocenters. The van der Waals surface area contributed by atoms with Crippen molar-refractivity contribution in [1.82, 2.24) is 10.2 Å². The van der Waals surface area contributed by atoms with Crippen LogP contribution in [0.2, 0.25) is 0 Å². The highest BCUT2D eigenvalue weighted by molar-refractivity contribution is 6.15. The molecule has 4 aliphatic rings. The SMILES string of the molecule is O=C(O)CC[C@H]1N[C@]2(C(=O)Nc3ccc(F)cc32)[C@@H]2C(=O)N(Cc3ccc4c(c3)OCO4)C(=O)[C@@H]21. The van der Waals surface area contributed by atoms with E-state index in [0.717, 1.165) is 4.90 Å². The summed E-state index contributed by atoms with van der Waals surface area (Å²) in [6.07, 6.45) is -0.245. The molecule has 0 bridgehead atoms. The highest BCUT2D eigenvalue weighted by Crippen LogP contribution is 2.53. The van der Waals surface area contributed by atoms with Crippen molar-refractivity contribution >= 4 is 29.4 Å². The third-order valence-electron chi connectivity index (χ3n) is 7.22. The summed E-state index contributed by atoms with van der Waals surface area (Å²) >= 11 is 0. The summed E-state index contributed by atoms with van der Waals surface area (Å²) in [5, 5.41) is 15.0. The monoisotopic (exact) mass is 481 g/mol. The molecule has 2 fully saturated rings. The van der Waals surface area contributed by atoms with Gasteiger partial charge in [0, 0.05) is 23.7 Å². The van der Waals surface area contributed by atoms with Crippen LogP contribution in [0.15, 0.2) is 36.4 Å². The van der Waals surface area contributed by atoms with Gasteiger partial charge in [-0.3, -0.25) is 29.4 Å². The maximum Gasteiger partial charge on any atom is 0.303 e. The Kier molecular flexibility index (Phi) is 4.62. The van der Waals surface area contributed by atoms with Crippen LogP contribution in [0, 0.1) is 17.7 Å². The van der Waals surface area contributed by atoms with Crippen molar-refractivity contribution in [3.05, 3.63) is 53.3 Å². The predicted octanol–water partition coefficient (Wildman–Crippen LogP) is 1.34. The number of benzene rings is 2. The number of nitrogens with one attached hydrogen (secondary N) is 2. The van der Waals surface area contributed by atoms with E-state index < -0.39 is 52.9 Å². The number of amides is 3. The van der Waals surface area contributed by atoms with Gasteiger partial charge in [0.1, 0.15) is 11.4 Å². The summed E-state index contributed by atoms with van der Waals surface area (Å²) in [5.74, 6) is -4.38. The molecule has 3 amide bonds. The Morgan fingerprint density at radius 1 is 1.11 bits per heavy atom. The highest BCUT2D eigenvalue weighted by atomic mass is 19.1. The largest absolute Gasteiger partial charge is 0.481 e. The van der Waals surface area contributed by atoms with E-state index in [1.54, 1.807) is 18.2 Å². The minimum atomic E-state index is -1.68. The number of aliphatic carboxylic acids is 1. The molecule has 180 valence electrons. The molecule has 4 heterocycles. The summed E-state index contributed by atoms with van der Waals surface area (Å²) < 4.78 is 24.9. The second kappa shape index (κ2) is 7.51. The summed E-state index contributed by atoms with van der Waals surface area (Å²) in [4.78, 5) is 53.0. The normalized spacial score (nSPS) is 28.0. The lowest BCUT2D eigenvalue weighted by Crippen LogP contribution is -2.53. The predicted molar refractivity (Wildman–Crippen MR) is 116 cm³/mol. The Bertz CT molecular complexity index is 1310. The molecule has 2 saturated heterocycles. The van der Waals surface area contributed by atoms with Gasteiger partial charge in [0.15, 0.2) is 11.5 Å². The number of hydrogen-bond acceptors (Lipinski definition) is 7. The number of hydrogen-bond donors (Lipinski definition) is 3. The topological polar surface area (TPSA) is 134 Å². The maximum atomic E-state index is 14.2. The fourth-order valence-electron chi connectivity index (χ4n) is 5.74. The van der Waals surface area contributed by atoms with Crippen molar-refractivity contribution in [2.45, 2.75) is 31.0 Å². The van der Waals surface area contributed by atoms with Gasteiger partial charge in [-0.1, -0.05) is 6.07 Å². The molecule has 0 unspecified atom stereocenters. The molecular weight excluding hydrogens is 461 g/mol. The van der Waals surface area contributed by atoms with Crippen molar-refractivity contribution < 1.29 is 38.1 Å². The number of halogens is 1. The standard InChI is InChI=1S/C24H20FN3O7/c25-12-2-3-14-13(8-12)24(23(33)26-14)20-19(15(27-24)4-6-18(29)30)21(31)28(22(20)32)9-11-1-5-16-17(7-11)35-10-34-16/h1-3,5,7-8,15,19-20,27H,4,6,9-10H2,(H,26,33)(H,29,30)/t15-,19-,20+,24+/m1/s1. The molecule has 6 rings (SSSR count). The highest BCUT2D eigenvalue weighted by Gasteiger charge is 2.70. The lowest BCUT2D eigenvalue weighted by atomic mass is 9.76. The molecule has 3 N–H and O–H groups in total. The lowest BCUT2D eigenvalue weighted by Gasteiger charge is -2.29. The van der Waals surface area contributed by atoms with Gasteiger partial charge in [0.05, 0.1) is 18.4 Å². The van der Waals surface area contributed by atoms with E-state index in [-0.39, 0.29) is 31.7 Å². The molecule has 35 heavy (non-hydrogen) atoms. The van der Waals surface area contributed by atoms with Crippen molar-refractivity contribution in [1.29, 1.82) is 0 Å². The van der Waals surface area contributed by atoms with Gasteiger partial charge in [0.25, 0.3) is 0 Å². The molecule has 0 aliphatic carbocycles. The number of carbonyl (C=O) groups excluding carboxylic acids is 3. The zero-order chi connectivity index (χ0) is 24.5. The number of carbonyl (C=O) groups is 4. The van der Waals surface area contributed by atoms with Gasteiger partial charge < -0.3 is 19.9 Å². The number of ether oxygens (including phenoxy) is 2. The Balaban J connectivity index is 1.40. The number of carboxylic acids is 1. The molecular formula is C24H20FN3O7. The Morgan fingerprint density at radius 3 is 2.71 bits per heavy atom. The van der Waals surface area contributed by atoms with Crippen LogP contribution in [-0.4, -0.2) is 46.5 Å². The Labute approximate surface area is 198 Å². The smallest absolute Gasteiger partial charge is 0.303 e. The molecule has 0 saturated carbocycles. The van der Waals surface area contributed by atoms with Crippen molar-refractivity contribution in [2.75, 3.05) is 12.1 Å². The van der Waals surface area contributed by atoms with E-state index in [1.807, 2.05) is 0 Å².